The van der Waals surface area contributed by atoms with Crippen LogP contribution in [0.15, 0.2) is 35.5 Å². The minimum Gasteiger partial charge on any atom is -0.350 e. The number of amides is 1. The molecule has 1 amide bonds. The first kappa shape index (κ1) is 18.2. The number of benzene rings is 1. The number of carbonyl (C=O) groups excluding carboxylic acids is 1. The van der Waals surface area contributed by atoms with E-state index in [4.69, 9.17) is 11.6 Å². The molecule has 0 N–H and O–H groups in total. The third kappa shape index (κ3) is 4.15. The van der Waals surface area contributed by atoms with Crippen LogP contribution in [0.5, 0.6) is 0 Å². The second-order valence-electron chi connectivity index (χ2n) is 6.86. The number of hydrogen-bond donors (Lipinski definition) is 0. The van der Waals surface area contributed by atoms with Crippen LogP contribution in [0.3, 0.4) is 0 Å². The first-order valence-electron chi connectivity index (χ1n) is 8.51. The topological polar surface area (TPSA) is 45.6 Å². The lowest BCUT2D eigenvalue weighted by molar-refractivity contribution is 0.100. The summed E-state index contributed by atoms with van der Waals surface area (Å²) in [6.07, 6.45) is 3.89. The maximum Gasteiger partial charge on any atom is 0.281 e. The van der Waals surface area contributed by atoms with Crippen molar-refractivity contribution in [1.29, 1.82) is 0 Å². The van der Waals surface area contributed by atoms with E-state index in [9.17, 15) is 4.79 Å². The number of halogens is 1. The highest BCUT2D eigenvalue weighted by Crippen LogP contribution is 2.36. The van der Waals surface area contributed by atoms with E-state index in [2.05, 4.69) is 35.6 Å². The van der Waals surface area contributed by atoms with Crippen LogP contribution in [-0.4, -0.2) is 38.8 Å². The summed E-state index contributed by atoms with van der Waals surface area (Å²) in [6.45, 7) is 8.35. The molecule has 132 valence electrons. The van der Waals surface area contributed by atoms with E-state index >= 15 is 0 Å². The van der Waals surface area contributed by atoms with Crippen LogP contribution >= 0.6 is 23.4 Å². The molecule has 0 atom stereocenters. The number of nitrogens with zero attached hydrogens (tertiary/aromatic N) is 3. The Hall–Kier alpha value is -1.59. The number of amidine groups is 1. The van der Waals surface area contributed by atoms with Crippen LogP contribution < -0.4 is 0 Å². The molecule has 0 bridgehead atoms. The summed E-state index contributed by atoms with van der Waals surface area (Å²) in [5.74, 6) is -0.284. The van der Waals surface area contributed by atoms with Gasteiger partial charge < -0.3 is 4.90 Å². The van der Waals surface area contributed by atoms with Crippen LogP contribution in [0.1, 0.15) is 44.0 Å². The molecule has 1 aromatic carbocycles. The number of rotatable bonds is 4. The molecule has 1 aliphatic heterocycles. The third-order valence-corrected chi connectivity index (χ3v) is 5.52. The van der Waals surface area contributed by atoms with Crippen molar-refractivity contribution < 1.29 is 4.79 Å². The average Bonchev–Trinajstić information content (AvgIpc) is 2.85. The standard InChI is InChI=1S/C19H22ClN3OS/c1-4-5-9-23-12-19(2,3)25-18(23)22-17(24)15-11-14(20)10-13-7-6-8-21-16(13)15/h6-8,10-11H,4-5,9,12H2,1-3H3. The lowest BCUT2D eigenvalue weighted by Crippen LogP contribution is -2.30. The van der Waals surface area contributed by atoms with Gasteiger partial charge in [0.05, 0.1) is 11.1 Å². The number of thioether (sulfide) groups is 1. The molecule has 0 unspecified atom stereocenters. The van der Waals surface area contributed by atoms with Crippen LogP contribution in [0.4, 0.5) is 0 Å². The molecule has 2 heterocycles. The van der Waals surface area contributed by atoms with Crippen molar-refractivity contribution in [3.63, 3.8) is 0 Å². The average molecular weight is 376 g/mol. The summed E-state index contributed by atoms with van der Waals surface area (Å²) in [5.41, 5.74) is 1.10. The minimum atomic E-state index is -0.284. The van der Waals surface area contributed by atoms with Crippen molar-refractivity contribution in [1.82, 2.24) is 9.88 Å². The summed E-state index contributed by atoms with van der Waals surface area (Å²) < 4.78 is 0.0570. The Kier molecular flexibility index (Phi) is 5.35. The first-order chi connectivity index (χ1) is 11.9. The van der Waals surface area contributed by atoms with E-state index in [-0.39, 0.29) is 10.7 Å². The van der Waals surface area contributed by atoms with Gasteiger partial charge >= 0.3 is 0 Å². The number of carbonyl (C=O) groups is 1. The first-order valence-corrected chi connectivity index (χ1v) is 9.70. The molecule has 0 spiro atoms. The molecule has 25 heavy (non-hydrogen) atoms. The van der Waals surface area contributed by atoms with E-state index < -0.39 is 0 Å². The number of aliphatic imine (C=N–C) groups is 1. The minimum absolute atomic E-state index is 0.0570. The predicted molar refractivity (Wildman–Crippen MR) is 107 cm³/mol. The van der Waals surface area contributed by atoms with E-state index in [1.54, 1.807) is 24.0 Å². The second kappa shape index (κ2) is 7.34. The summed E-state index contributed by atoms with van der Waals surface area (Å²) in [7, 11) is 0. The summed E-state index contributed by atoms with van der Waals surface area (Å²) in [5, 5.41) is 2.17. The van der Waals surface area contributed by atoms with Crippen molar-refractivity contribution in [2.24, 2.45) is 4.99 Å². The Morgan fingerprint density at radius 1 is 1.44 bits per heavy atom. The number of aromatic nitrogens is 1. The van der Waals surface area contributed by atoms with Gasteiger partial charge in [0.2, 0.25) is 0 Å². The molecule has 1 fully saturated rings. The maximum atomic E-state index is 12.9. The molecule has 6 heteroatoms. The Bertz CT molecular complexity index is 835. The van der Waals surface area contributed by atoms with Crippen molar-refractivity contribution >= 4 is 45.3 Å². The Labute approximate surface area is 157 Å². The number of fused-ring (bicyclic) bond motifs is 1. The van der Waals surface area contributed by atoms with Gasteiger partial charge in [-0.1, -0.05) is 42.8 Å². The number of hydrogen-bond acceptors (Lipinski definition) is 3. The zero-order valence-electron chi connectivity index (χ0n) is 14.8. The van der Waals surface area contributed by atoms with Crippen molar-refractivity contribution in [3.8, 4) is 0 Å². The quantitative estimate of drug-likeness (QED) is 0.753. The molecule has 2 aromatic rings. The Balaban J connectivity index is 1.96. The van der Waals surface area contributed by atoms with E-state index in [0.29, 0.717) is 16.1 Å². The van der Waals surface area contributed by atoms with Gasteiger partial charge in [0.25, 0.3) is 5.91 Å². The van der Waals surface area contributed by atoms with E-state index in [0.717, 1.165) is 36.5 Å². The molecule has 1 saturated heterocycles. The zero-order chi connectivity index (χ0) is 18.0. The van der Waals surface area contributed by atoms with Gasteiger partial charge in [0.15, 0.2) is 5.17 Å². The Morgan fingerprint density at radius 2 is 2.24 bits per heavy atom. The highest BCUT2D eigenvalue weighted by Gasteiger charge is 2.35. The fourth-order valence-corrected chi connectivity index (χ4v) is 4.31. The van der Waals surface area contributed by atoms with Gasteiger partial charge in [-0.3, -0.25) is 9.78 Å². The maximum absolute atomic E-state index is 12.9. The van der Waals surface area contributed by atoms with Gasteiger partial charge in [-0.2, -0.15) is 4.99 Å². The van der Waals surface area contributed by atoms with Crippen LogP contribution in [-0.2, 0) is 0 Å². The van der Waals surface area contributed by atoms with Crippen LogP contribution in [0.2, 0.25) is 5.02 Å². The summed E-state index contributed by atoms with van der Waals surface area (Å²) in [6, 6.07) is 7.21. The smallest absolute Gasteiger partial charge is 0.281 e. The molecular formula is C19H22ClN3OS. The number of pyridine rings is 1. The van der Waals surface area contributed by atoms with Gasteiger partial charge in [0.1, 0.15) is 0 Å². The van der Waals surface area contributed by atoms with Gasteiger partial charge in [-0.05, 0) is 38.5 Å². The SMILES string of the molecule is CCCCN1CC(C)(C)SC1=NC(=O)c1cc(Cl)cc2cccnc12. The third-order valence-electron chi connectivity index (χ3n) is 4.09. The fourth-order valence-electron chi connectivity index (χ4n) is 2.95. The van der Waals surface area contributed by atoms with Crippen molar-refractivity contribution in [3.05, 3.63) is 41.0 Å². The predicted octanol–water partition coefficient (Wildman–Crippen LogP) is 5.01. The molecule has 0 aliphatic carbocycles. The molecule has 1 aromatic heterocycles. The van der Waals surface area contributed by atoms with E-state index in [1.807, 2.05) is 18.2 Å². The summed E-state index contributed by atoms with van der Waals surface area (Å²) in [4.78, 5) is 23.9. The highest BCUT2D eigenvalue weighted by molar-refractivity contribution is 8.15. The normalized spacial score (nSPS) is 18.2. The highest BCUT2D eigenvalue weighted by atomic mass is 35.5. The molecule has 0 saturated carbocycles. The van der Waals surface area contributed by atoms with Gasteiger partial charge in [0, 0.05) is 34.4 Å². The summed E-state index contributed by atoms with van der Waals surface area (Å²) >= 11 is 7.84. The molecule has 4 nitrogen and oxygen atoms in total. The molecule has 3 rings (SSSR count). The van der Waals surface area contributed by atoms with Crippen molar-refractivity contribution in [2.45, 2.75) is 38.4 Å². The van der Waals surface area contributed by atoms with Gasteiger partial charge in [-0.15, -0.1) is 0 Å². The Morgan fingerprint density at radius 3 is 3.00 bits per heavy atom. The second-order valence-corrected chi connectivity index (χ2v) is 8.98. The fraction of sp³-hybridized carbons (Fsp3) is 0.421. The molecule has 0 radical (unpaired) electrons. The van der Waals surface area contributed by atoms with Crippen LogP contribution in [0.25, 0.3) is 10.9 Å². The van der Waals surface area contributed by atoms with Gasteiger partial charge in [-0.25, -0.2) is 0 Å². The molecular weight excluding hydrogens is 354 g/mol. The number of unbranched alkanes of at least 4 members (excludes halogenated alkanes) is 1. The van der Waals surface area contributed by atoms with Crippen molar-refractivity contribution in [2.75, 3.05) is 13.1 Å². The largest absolute Gasteiger partial charge is 0.350 e. The van der Waals surface area contributed by atoms with E-state index in [1.165, 1.54) is 0 Å². The monoisotopic (exact) mass is 375 g/mol. The lowest BCUT2D eigenvalue weighted by Gasteiger charge is -2.19. The molecule has 1 aliphatic rings. The van der Waals surface area contributed by atoms with Crippen LogP contribution in [0, 0.1) is 0 Å². The lowest BCUT2D eigenvalue weighted by atomic mass is 10.1. The zero-order valence-corrected chi connectivity index (χ0v) is 16.3.